The number of nitrogens with zero attached hydrogens (tertiary/aromatic N) is 3. The predicted octanol–water partition coefficient (Wildman–Crippen LogP) is 3.53. The van der Waals surface area contributed by atoms with Crippen LogP contribution in [-0.2, 0) is 4.79 Å². The number of Topliss-reactive ketones (excluding diaryl/α,β-unsaturated/α-hetero) is 1. The molecule has 0 spiro atoms. The molecular weight excluding hydrogens is 280 g/mol. The van der Waals surface area contributed by atoms with Gasteiger partial charge in [-0.3, -0.25) is 0 Å². The maximum absolute atomic E-state index is 9.81. The molecule has 0 aliphatic carbocycles. The minimum absolute atomic E-state index is 0. The third-order valence-electron chi connectivity index (χ3n) is 2.64. The standard InChI is InChI=1S/C8H16N2.C4H10N2.C4H8O.H2O/c1-5-7(3)9-10-8(4)6-2;1-3-4(2)6-5;1-3-4(2)5;/h5-6H2,1-4H3;3,5H2,1-2H3;3H2,1-2H3;1H2. The predicted molar refractivity (Wildman–Crippen MR) is 99.0 cm³/mol. The van der Waals surface area contributed by atoms with Gasteiger partial charge in [-0.2, -0.15) is 15.3 Å². The van der Waals surface area contributed by atoms with E-state index in [1.165, 1.54) is 0 Å². The molecule has 0 rings (SSSR count). The van der Waals surface area contributed by atoms with Gasteiger partial charge < -0.3 is 16.1 Å². The summed E-state index contributed by atoms with van der Waals surface area (Å²) in [6, 6.07) is 0. The Hall–Kier alpha value is -1.56. The summed E-state index contributed by atoms with van der Waals surface area (Å²) >= 11 is 0. The normalized spacial score (nSPS) is 11.4. The summed E-state index contributed by atoms with van der Waals surface area (Å²) in [5, 5.41) is 11.5. The third-order valence-corrected chi connectivity index (χ3v) is 2.64. The van der Waals surface area contributed by atoms with Gasteiger partial charge in [-0.05, 0) is 47.0 Å². The summed E-state index contributed by atoms with van der Waals surface area (Å²) in [5.41, 5.74) is 3.18. The second-order valence-electron chi connectivity index (χ2n) is 4.65. The van der Waals surface area contributed by atoms with E-state index in [0.29, 0.717) is 6.42 Å². The zero-order chi connectivity index (χ0) is 17.3. The number of hydrogen-bond acceptors (Lipinski definition) is 5. The summed E-state index contributed by atoms with van der Waals surface area (Å²) in [6.07, 6.45) is 3.59. The number of hydrazone groups is 1. The molecule has 0 saturated heterocycles. The molecule has 0 aromatic heterocycles. The topological polar surface area (TPSA) is 112 Å². The molecule has 0 amide bonds. The molecule has 6 heteroatoms. The molecule has 0 saturated carbocycles. The monoisotopic (exact) mass is 316 g/mol. The van der Waals surface area contributed by atoms with E-state index in [1.54, 1.807) is 6.92 Å². The Bertz CT molecular complexity index is 330. The Morgan fingerprint density at radius 1 is 0.727 bits per heavy atom. The Labute approximate surface area is 136 Å². The second kappa shape index (κ2) is 21.7. The van der Waals surface area contributed by atoms with E-state index in [-0.39, 0.29) is 11.3 Å². The molecule has 0 aromatic carbocycles. The van der Waals surface area contributed by atoms with Crippen molar-refractivity contribution >= 4 is 22.9 Å². The van der Waals surface area contributed by atoms with Crippen molar-refractivity contribution in [2.24, 2.45) is 21.1 Å². The minimum atomic E-state index is 0. The van der Waals surface area contributed by atoms with Crippen LogP contribution in [0, 0.1) is 0 Å². The van der Waals surface area contributed by atoms with Gasteiger partial charge in [-0.25, -0.2) is 0 Å². The zero-order valence-electron chi connectivity index (χ0n) is 15.7. The maximum atomic E-state index is 9.81. The van der Waals surface area contributed by atoms with Crippen LogP contribution < -0.4 is 5.84 Å². The quantitative estimate of drug-likeness (QED) is 0.475. The van der Waals surface area contributed by atoms with E-state index in [4.69, 9.17) is 5.84 Å². The van der Waals surface area contributed by atoms with E-state index in [9.17, 15) is 4.79 Å². The van der Waals surface area contributed by atoms with E-state index < -0.39 is 0 Å². The molecule has 0 heterocycles. The molecule has 0 bridgehead atoms. The highest BCUT2D eigenvalue weighted by Gasteiger charge is 1.84. The molecule has 0 aliphatic heterocycles. The van der Waals surface area contributed by atoms with Crippen LogP contribution in [0.25, 0.3) is 0 Å². The lowest BCUT2D eigenvalue weighted by molar-refractivity contribution is -0.116. The molecule has 0 unspecified atom stereocenters. The van der Waals surface area contributed by atoms with Gasteiger partial charge in [0.05, 0.1) is 0 Å². The number of hydrogen-bond donors (Lipinski definition) is 1. The molecule has 0 aromatic rings. The molecule has 0 aliphatic rings. The van der Waals surface area contributed by atoms with E-state index >= 15 is 0 Å². The Morgan fingerprint density at radius 3 is 1.09 bits per heavy atom. The van der Waals surface area contributed by atoms with Crippen LogP contribution in [0.3, 0.4) is 0 Å². The fourth-order valence-corrected chi connectivity index (χ4v) is 0.403. The fourth-order valence-electron chi connectivity index (χ4n) is 0.403. The first-order valence-corrected chi connectivity index (χ1v) is 7.58. The van der Waals surface area contributed by atoms with Crippen molar-refractivity contribution in [2.45, 2.75) is 81.1 Å². The molecule has 0 radical (unpaired) electrons. The summed E-state index contributed by atoms with van der Waals surface area (Å²) in [5.74, 6) is 5.13. The largest absolute Gasteiger partial charge is 0.412 e. The average molecular weight is 316 g/mol. The Morgan fingerprint density at radius 2 is 1.00 bits per heavy atom. The van der Waals surface area contributed by atoms with E-state index in [1.807, 2.05) is 34.6 Å². The van der Waals surface area contributed by atoms with Crippen LogP contribution in [0.2, 0.25) is 0 Å². The van der Waals surface area contributed by atoms with Crippen molar-refractivity contribution in [3.05, 3.63) is 0 Å². The van der Waals surface area contributed by atoms with Crippen LogP contribution in [0.5, 0.6) is 0 Å². The first-order valence-electron chi connectivity index (χ1n) is 7.58. The highest BCUT2D eigenvalue weighted by Crippen LogP contribution is 1.89. The molecule has 22 heavy (non-hydrogen) atoms. The van der Waals surface area contributed by atoms with Crippen LogP contribution in [-0.4, -0.2) is 28.4 Å². The molecule has 6 nitrogen and oxygen atoms in total. The number of carbonyl (C=O) groups excluding carboxylic acids is 1. The van der Waals surface area contributed by atoms with Gasteiger partial charge in [0.15, 0.2) is 0 Å². The third kappa shape index (κ3) is 31.0. The van der Waals surface area contributed by atoms with Gasteiger partial charge in [-0.15, -0.1) is 0 Å². The van der Waals surface area contributed by atoms with Gasteiger partial charge in [0, 0.05) is 23.6 Å². The molecule has 0 fully saturated rings. The first kappa shape index (κ1) is 28.6. The van der Waals surface area contributed by atoms with Crippen molar-refractivity contribution < 1.29 is 10.3 Å². The summed E-state index contributed by atoms with van der Waals surface area (Å²) < 4.78 is 0. The number of ketones is 1. The van der Waals surface area contributed by atoms with Gasteiger partial charge in [0.2, 0.25) is 0 Å². The molecule has 132 valence electrons. The van der Waals surface area contributed by atoms with Gasteiger partial charge in [0.25, 0.3) is 0 Å². The lowest BCUT2D eigenvalue weighted by Gasteiger charge is -1.91. The zero-order valence-corrected chi connectivity index (χ0v) is 15.7. The van der Waals surface area contributed by atoms with Crippen molar-refractivity contribution in [1.29, 1.82) is 0 Å². The number of rotatable bonds is 5. The average Bonchev–Trinajstić information content (AvgIpc) is 2.52. The number of nitrogens with two attached hydrogens (primary N) is 1. The van der Waals surface area contributed by atoms with Crippen LogP contribution >= 0.6 is 0 Å². The molecule has 4 N–H and O–H groups in total. The fraction of sp³-hybridized carbons (Fsp3) is 0.750. The van der Waals surface area contributed by atoms with Crippen LogP contribution in [0.15, 0.2) is 15.3 Å². The van der Waals surface area contributed by atoms with Crippen molar-refractivity contribution in [1.82, 2.24) is 0 Å². The Kier molecular flexibility index (Phi) is 28.2. The van der Waals surface area contributed by atoms with Crippen LogP contribution in [0.1, 0.15) is 81.1 Å². The van der Waals surface area contributed by atoms with E-state index in [2.05, 4.69) is 29.2 Å². The van der Waals surface area contributed by atoms with Crippen LogP contribution in [0.4, 0.5) is 0 Å². The van der Waals surface area contributed by atoms with Crippen molar-refractivity contribution in [3.63, 3.8) is 0 Å². The van der Waals surface area contributed by atoms with Gasteiger partial charge >= 0.3 is 0 Å². The first-order chi connectivity index (χ1) is 9.78. The smallest absolute Gasteiger partial charge is 0.129 e. The summed E-state index contributed by atoms with van der Waals surface area (Å²) in [4.78, 5) is 9.81. The highest BCUT2D eigenvalue weighted by atomic mass is 16.1. The SMILES string of the molecule is CCC(C)=NN.CCC(C)=NN=C(C)CC.CCC(C)=O.O. The molecule has 0 atom stereocenters. The number of carbonyl (C=O) groups is 1. The summed E-state index contributed by atoms with van der Waals surface area (Å²) in [6.45, 7) is 15.5. The minimum Gasteiger partial charge on any atom is -0.412 e. The lowest BCUT2D eigenvalue weighted by atomic mass is 10.3. The van der Waals surface area contributed by atoms with Gasteiger partial charge in [0.1, 0.15) is 5.78 Å². The highest BCUT2D eigenvalue weighted by molar-refractivity contribution is 5.85. The lowest BCUT2D eigenvalue weighted by Crippen LogP contribution is -1.91. The molecular formula is C16H36N4O2. The van der Waals surface area contributed by atoms with Crippen molar-refractivity contribution in [3.8, 4) is 0 Å². The van der Waals surface area contributed by atoms with Crippen molar-refractivity contribution in [2.75, 3.05) is 0 Å². The Balaban J connectivity index is -0.000000117. The van der Waals surface area contributed by atoms with Gasteiger partial charge in [-0.1, -0.05) is 27.7 Å². The maximum Gasteiger partial charge on any atom is 0.129 e. The van der Waals surface area contributed by atoms with E-state index in [0.717, 1.165) is 36.4 Å². The summed E-state index contributed by atoms with van der Waals surface area (Å²) in [7, 11) is 0. The second-order valence-corrected chi connectivity index (χ2v) is 4.65.